The molecule has 0 aliphatic carbocycles. The summed E-state index contributed by atoms with van der Waals surface area (Å²) < 4.78 is 38.5. The van der Waals surface area contributed by atoms with Gasteiger partial charge in [-0.2, -0.15) is 4.31 Å². The Morgan fingerprint density at radius 1 is 1.38 bits per heavy atom. The number of benzene rings is 1. The van der Waals surface area contributed by atoms with Gasteiger partial charge in [-0.05, 0) is 39.0 Å². The molecule has 0 fully saturated rings. The number of nitrogens with zero attached hydrogens (tertiary/aromatic N) is 1. The fraction of sp³-hybridized carbons (Fsp3) is 0.462. The number of amides is 1. The number of sulfonamides is 1. The van der Waals surface area contributed by atoms with Crippen LogP contribution in [0.4, 0.5) is 10.1 Å². The van der Waals surface area contributed by atoms with Gasteiger partial charge in [0.05, 0.1) is 12.2 Å². The quantitative estimate of drug-likeness (QED) is 0.809. The number of nitrogens with one attached hydrogen (secondary N) is 1. The molecule has 0 radical (unpaired) electrons. The van der Waals surface area contributed by atoms with Gasteiger partial charge < -0.3 is 11.1 Å². The molecule has 0 aliphatic heterocycles. The summed E-state index contributed by atoms with van der Waals surface area (Å²) in [6.45, 7) is 5.02. The van der Waals surface area contributed by atoms with Crippen LogP contribution in [0.3, 0.4) is 0 Å². The maximum atomic E-state index is 13.0. The molecule has 1 rings (SSSR count). The molecule has 0 unspecified atom stereocenters. The third-order valence-electron chi connectivity index (χ3n) is 2.54. The van der Waals surface area contributed by atoms with Crippen LogP contribution >= 0.6 is 0 Å². The van der Waals surface area contributed by atoms with Gasteiger partial charge >= 0.3 is 0 Å². The van der Waals surface area contributed by atoms with Gasteiger partial charge in [0.2, 0.25) is 15.9 Å². The SMILES string of the molecule is CN(CC(=O)NC(C)(C)C)S(=O)(=O)c1ccc(F)cc1N. The molecule has 0 saturated heterocycles. The zero-order valence-electron chi connectivity index (χ0n) is 12.5. The molecule has 0 heterocycles. The van der Waals surface area contributed by atoms with E-state index in [4.69, 9.17) is 5.73 Å². The predicted molar refractivity (Wildman–Crippen MR) is 78.5 cm³/mol. The van der Waals surface area contributed by atoms with Crippen LogP contribution in [-0.4, -0.2) is 37.8 Å². The first-order chi connectivity index (χ1) is 9.43. The van der Waals surface area contributed by atoms with Crippen molar-refractivity contribution >= 4 is 21.6 Å². The lowest BCUT2D eigenvalue weighted by Gasteiger charge is -2.23. The van der Waals surface area contributed by atoms with Gasteiger partial charge in [-0.25, -0.2) is 12.8 Å². The zero-order valence-corrected chi connectivity index (χ0v) is 13.3. The minimum atomic E-state index is -3.96. The van der Waals surface area contributed by atoms with E-state index in [2.05, 4.69) is 5.32 Å². The second-order valence-electron chi connectivity index (χ2n) is 5.74. The van der Waals surface area contributed by atoms with E-state index in [9.17, 15) is 17.6 Å². The Morgan fingerprint density at radius 2 is 1.95 bits per heavy atom. The highest BCUT2D eigenvalue weighted by molar-refractivity contribution is 7.89. The lowest BCUT2D eigenvalue weighted by Crippen LogP contribution is -2.46. The minimum absolute atomic E-state index is 0.196. The van der Waals surface area contributed by atoms with Crippen molar-refractivity contribution in [3.63, 3.8) is 0 Å². The average Bonchev–Trinajstić information content (AvgIpc) is 2.25. The Morgan fingerprint density at radius 3 is 2.43 bits per heavy atom. The van der Waals surface area contributed by atoms with Gasteiger partial charge in [0.15, 0.2) is 0 Å². The highest BCUT2D eigenvalue weighted by atomic mass is 32.2. The van der Waals surface area contributed by atoms with Crippen molar-refractivity contribution in [1.29, 1.82) is 0 Å². The first-order valence-electron chi connectivity index (χ1n) is 6.26. The van der Waals surface area contributed by atoms with Gasteiger partial charge in [-0.1, -0.05) is 0 Å². The Bertz CT molecular complexity index is 639. The number of hydrogen-bond donors (Lipinski definition) is 2. The summed E-state index contributed by atoms with van der Waals surface area (Å²) in [6, 6.07) is 3.01. The van der Waals surface area contributed by atoms with Gasteiger partial charge in [0, 0.05) is 12.6 Å². The first-order valence-corrected chi connectivity index (χ1v) is 7.70. The molecule has 0 saturated carbocycles. The second-order valence-corrected chi connectivity index (χ2v) is 7.75. The van der Waals surface area contributed by atoms with Crippen LogP contribution in [0.2, 0.25) is 0 Å². The fourth-order valence-corrected chi connectivity index (χ4v) is 2.89. The maximum Gasteiger partial charge on any atom is 0.245 e. The molecule has 0 bridgehead atoms. The van der Waals surface area contributed by atoms with Crippen LogP contribution in [-0.2, 0) is 14.8 Å². The molecule has 0 spiro atoms. The molecule has 21 heavy (non-hydrogen) atoms. The van der Waals surface area contributed by atoms with E-state index >= 15 is 0 Å². The van der Waals surface area contributed by atoms with Crippen molar-refractivity contribution in [2.45, 2.75) is 31.2 Å². The van der Waals surface area contributed by atoms with Crippen LogP contribution in [0, 0.1) is 5.82 Å². The number of nitrogen functional groups attached to an aromatic ring is 1. The van der Waals surface area contributed by atoms with Crippen molar-refractivity contribution in [3.8, 4) is 0 Å². The van der Waals surface area contributed by atoms with Gasteiger partial charge in [-0.3, -0.25) is 4.79 Å². The van der Waals surface area contributed by atoms with Gasteiger partial charge in [0.1, 0.15) is 10.7 Å². The largest absolute Gasteiger partial charge is 0.398 e. The van der Waals surface area contributed by atoms with Crippen LogP contribution < -0.4 is 11.1 Å². The third-order valence-corrected chi connectivity index (χ3v) is 4.42. The normalized spacial score (nSPS) is 12.5. The van der Waals surface area contributed by atoms with Crippen molar-refractivity contribution in [1.82, 2.24) is 9.62 Å². The Balaban J connectivity index is 2.95. The van der Waals surface area contributed by atoms with Gasteiger partial charge in [-0.15, -0.1) is 0 Å². The molecule has 1 amide bonds. The van der Waals surface area contributed by atoms with Crippen LogP contribution in [0.25, 0.3) is 0 Å². The topological polar surface area (TPSA) is 92.5 Å². The summed E-state index contributed by atoms with van der Waals surface area (Å²) in [4.78, 5) is 11.6. The van der Waals surface area contributed by atoms with E-state index in [0.29, 0.717) is 0 Å². The van der Waals surface area contributed by atoms with E-state index < -0.39 is 27.3 Å². The summed E-state index contributed by atoms with van der Waals surface area (Å²) >= 11 is 0. The first kappa shape index (κ1) is 17.4. The van der Waals surface area contributed by atoms with E-state index in [1.807, 2.05) is 0 Å². The number of likely N-dealkylation sites (N-methyl/N-ethyl adjacent to an activating group) is 1. The molecule has 0 atom stereocenters. The number of halogens is 1. The summed E-state index contributed by atoms with van der Waals surface area (Å²) in [5, 5.41) is 2.66. The summed E-state index contributed by atoms with van der Waals surface area (Å²) in [6.07, 6.45) is 0. The standard InChI is InChI=1S/C13H20FN3O3S/c1-13(2,3)16-12(18)8-17(4)21(19,20)11-6-5-9(14)7-10(11)15/h5-7H,8,15H2,1-4H3,(H,16,18). The highest BCUT2D eigenvalue weighted by Crippen LogP contribution is 2.22. The van der Waals surface area contributed by atoms with E-state index in [-0.39, 0.29) is 17.1 Å². The van der Waals surface area contributed by atoms with Gasteiger partial charge in [0.25, 0.3) is 0 Å². The summed E-state index contributed by atoms with van der Waals surface area (Å²) in [5.74, 6) is -1.06. The molecule has 1 aromatic rings. The van der Waals surface area contributed by atoms with Crippen molar-refractivity contribution in [2.75, 3.05) is 19.3 Å². The average molecular weight is 317 g/mol. The van der Waals surface area contributed by atoms with Crippen molar-refractivity contribution < 1.29 is 17.6 Å². The molecule has 0 aliphatic rings. The van der Waals surface area contributed by atoms with Crippen LogP contribution in [0.5, 0.6) is 0 Å². The van der Waals surface area contributed by atoms with Crippen LogP contribution in [0.15, 0.2) is 23.1 Å². The van der Waals surface area contributed by atoms with Crippen LogP contribution in [0.1, 0.15) is 20.8 Å². The molecule has 3 N–H and O–H groups in total. The molecular weight excluding hydrogens is 297 g/mol. The Kier molecular flexibility index (Phi) is 4.95. The van der Waals surface area contributed by atoms with Crippen molar-refractivity contribution in [3.05, 3.63) is 24.0 Å². The monoisotopic (exact) mass is 317 g/mol. The maximum absolute atomic E-state index is 13.0. The molecule has 0 aromatic heterocycles. The molecule has 1 aromatic carbocycles. The fourth-order valence-electron chi connectivity index (χ4n) is 1.67. The second kappa shape index (κ2) is 5.98. The predicted octanol–water partition coefficient (Wildman–Crippen LogP) is 0.943. The minimum Gasteiger partial charge on any atom is -0.398 e. The smallest absolute Gasteiger partial charge is 0.245 e. The Hall–Kier alpha value is -1.67. The number of anilines is 1. The summed E-state index contributed by atoms with van der Waals surface area (Å²) in [7, 11) is -2.69. The third kappa shape index (κ3) is 4.68. The Labute approximate surface area is 124 Å². The molecule has 8 heteroatoms. The molecular formula is C13H20FN3O3S. The van der Waals surface area contributed by atoms with E-state index in [1.165, 1.54) is 7.05 Å². The number of hydrogen-bond acceptors (Lipinski definition) is 4. The highest BCUT2D eigenvalue weighted by Gasteiger charge is 2.26. The zero-order chi connectivity index (χ0) is 16.4. The number of rotatable bonds is 4. The van der Waals surface area contributed by atoms with E-state index in [1.54, 1.807) is 20.8 Å². The molecule has 6 nitrogen and oxygen atoms in total. The summed E-state index contributed by atoms with van der Waals surface area (Å²) in [5.41, 5.74) is 4.87. The van der Waals surface area contributed by atoms with Crippen molar-refractivity contribution in [2.24, 2.45) is 0 Å². The number of carbonyl (C=O) groups excluding carboxylic acids is 1. The lowest BCUT2D eigenvalue weighted by atomic mass is 10.1. The lowest BCUT2D eigenvalue weighted by molar-refractivity contribution is -0.122. The number of carbonyl (C=O) groups is 1. The number of nitrogens with two attached hydrogens (primary N) is 1. The molecule has 118 valence electrons. The van der Waals surface area contributed by atoms with E-state index in [0.717, 1.165) is 22.5 Å².